The van der Waals surface area contributed by atoms with Crippen molar-refractivity contribution in [1.82, 2.24) is 15.1 Å². The van der Waals surface area contributed by atoms with Crippen LogP contribution in [0.3, 0.4) is 0 Å². The molecule has 8 nitrogen and oxygen atoms in total. The molecule has 2 rings (SSSR count). The lowest BCUT2D eigenvalue weighted by Crippen LogP contribution is -2.37. The molecule has 1 heterocycles. The van der Waals surface area contributed by atoms with Gasteiger partial charge in [0, 0.05) is 25.6 Å². The molecule has 1 aliphatic rings. The third-order valence-corrected chi connectivity index (χ3v) is 3.99. The Kier molecular flexibility index (Phi) is 6.21. The lowest BCUT2D eigenvalue weighted by Gasteiger charge is -2.14. The van der Waals surface area contributed by atoms with Crippen LogP contribution in [-0.2, 0) is 20.9 Å². The van der Waals surface area contributed by atoms with Gasteiger partial charge in [-0.3, -0.25) is 24.1 Å². The van der Waals surface area contributed by atoms with Crippen LogP contribution < -0.4 is 5.32 Å². The minimum Gasteiger partial charge on any atom is -0.352 e. The molecule has 1 fully saturated rings. The van der Waals surface area contributed by atoms with E-state index in [1.54, 1.807) is 24.3 Å². The van der Waals surface area contributed by atoms with Crippen molar-refractivity contribution in [2.75, 3.05) is 13.1 Å². The number of carbonyl (C=O) groups is 5. The van der Waals surface area contributed by atoms with Crippen LogP contribution >= 0.6 is 0 Å². The molecule has 26 heavy (non-hydrogen) atoms. The SMILES string of the molecule is CCCCN1C(=O)C(=O)N(CC(=O)c2ccc(CNC(C)=O)cc2)C1=O. The molecule has 1 aromatic rings. The Bertz CT molecular complexity index is 742. The van der Waals surface area contributed by atoms with Crippen LogP contribution in [0.1, 0.15) is 42.6 Å². The molecular formula is C18H21N3O5. The van der Waals surface area contributed by atoms with Gasteiger partial charge in [-0.1, -0.05) is 37.6 Å². The van der Waals surface area contributed by atoms with Crippen LogP contribution in [0.25, 0.3) is 0 Å². The summed E-state index contributed by atoms with van der Waals surface area (Å²) < 4.78 is 0. The van der Waals surface area contributed by atoms with Crippen LogP contribution in [-0.4, -0.2) is 52.4 Å². The fourth-order valence-corrected chi connectivity index (χ4v) is 2.47. The van der Waals surface area contributed by atoms with Gasteiger partial charge in [-0.15, -0.1) is 0 Å². The average Bonchev–Trinajstić information content (AvgIpc) is 2.82. The Balaban J connectivity index is 2.02. The number of nitrogens with zero attached hydrogens (tertiary/aromatic N) is 2. The molecule has 1 aromatic carbocycles. The first-order chi connectivity index (χ1) is 12.3. The highest BCUT2D eigenvalue weighted by molar-refractivity contribution is 6.45. The van der Waals surface area contributed by atoms with Gasteiger partial charge < -0.3 is 5.32 Å². The van der Waals surface area contributed by atoms with E-state index in [0.717, 1.165) is 16.9 Å². The Morgan fingerprint density at radius 3 is 2.19 bits per heavy atom. The van der Waals surface area contributed by atoms with Crippen LogP contribution in [0.5, 0.6) is 0 Å². The normalized spacial score (nSPS) is 14.2. The van der Waals surface area contributed by atoms with Gasteiger partial charge in [-0.25, -0.2) is 9.69 Å². The van der Waals surface area contributed by atoms with E-state index < -0.39 is 30.2 Å². The zero-order valence-electron chi connectivity index (χ0n) is 14.8. The van der Waals surface area contributed by atoms with Crippen LogP contribution in [0.15, 0.2) is 24.3 Å². The summed E-state index contributed by atoms with van der Waals surface area (Å²) in [6, 6.07) is 5.72. The van der Waals surface area contributed by atoms with Gasteiger partial charge >= 0.3 is 17.8 Å². The Morgan fingerprint density at radius 2 is 1.62 bits per heavy atom. The van der Waals surface area contributed by atoms with Gasteiger partial charge in [0.2, 0.25) is 5.91 Å². The Labute approximate surface area is 151 Å². The minimum absolute atomic E-state index is 0.159. The number of urea groups is 1. The summed E-state index contributed by atoms with van der Waals surface area (Å²) in [5.74, 6) is -2.46. The highest BCUT2D eigenvalue weighted by atomic mass is 16.2. The molecule has 0 spiro atoms. The second-order valence-corrected chi connectivity index (χ2v) is 6.01. The Hall–Kier alpha value is -3.03. The first-order valence-corrected chi connectivity index (χ1v) is 8.39. The van der Waals surface area contributed by atoms with Crippen molar-refractivity contribution in [3.63, 3.8) is 0 Å². The molecule has 8 heteroatoms. The van der Waals surface area contributed by atoms with E-state index >= 15 is 0 Å². The standard InChI is InChI=1S/C18H21N3O5/c1-3-4-9-20-16(24)17(25)21(18(20)26)11-15(23)14-7-5-13(6-8-14)10-19-12(2)22/h5-8H,3-4,9-11H2,1-2H3,(H,19,22). The van der Waals surface area contributed by atoms with E-state index in [1.165, 1.54) is 6.92 Å². The molecule has 1 aliphatic heterocycles. The van der Waals surface area contributed by atoms with Gasteiger partial charge in [-0.2, -0.15) is 0 Å². The summed E-state index contributed by atoms with van der Waals surface area (Å²) >= 11 is 0. The summed E-state index contributed by atoms with van der Waals surface area (Å²) in [7, 11) is 0. The van der Waals surface area contributed by atoms with Crippen LogP contribution in [0.4, 0.5) is 4.79 Å². The summed E-state index contributed by atoms with van der Waals surface area (Å²) in [4.78, 5) is 60.9. The van der Waals surface area contributed by atoms with E-state index in [2.05, 4.69) is 5.32 Å². The quantitative estimate of drug-likeness (QED) is 0.425. The summed E-state index contributed by atoms with van der Waals surface area (Å²) in [5.41, 5.74) is 1.13. The van der Waals surface area contributed by atoms with E-state index in [4.69, 9.17) is 0 Å². The van der Waals surface area contributed by atoms with Gasteiger partial charge in [0.25, 0.3) is 0 Å². The number of ketones is 1. The molecule has 1 N–H and O–H groups in total. The second kappa shape index (κ2) is 8.37. The monoisotopic (exact) mass is 359 g/mol. The number of nitrogens with one attached hydrogen (secondary N) is 1. The smallest absolute Gasteiger partial charge is 0.334 e. The summed E-state index contributed by atoms with van der Waals surface area (Å²) in [6.45, 7) is 3.35. The molecule has 138 valence electrons. The first-order valence-electron chi connectivity index (χ1n) is 8.39. The number of rotatable bonds is 8. The van der Waals surface area contributed by atoms with E-state index in [9.17, 15) is 24.0 Å². The van der Waals surface area contributed by atoms with Crippen molar-refractivity contribution in [3.05, 3.63) is 35.4 Å². The average molecular weight is 359 g/mol. The highest BCUT2D eigenvalue weighted by Crippen LogP contribution is 2.15. The Morgan fingerprint density at radius 1 is 1.00 bits per heavy atom. The van der Waals surface area contributed by atoms with Gasteiger partial charge in [0.05, 0.1) is 6.54 Å². The third kappa shape index (κ3) is 4.33. The lowest BCUT2D eigenvalue weighted by atomic mass is 10.1. The number of unbranched alkanes of at least 4 members (excludes halogenated alkanes) is 1. The summed E-state index contributed by atoms with van der Waals surface area (Å²) in [5, 5.41) is 2.64. The van der Waals surface area contributed by atoms with Crippen LogP contribution in [0, 0.1) is 0 Å². The number of amides is 5. The molecule has 0 saturated carbocycles. The second-order valence-electron chi connectivity index (χ2n) is 6.01. The highest BCUT2D eigenvalue weighted by Gasteiger charge is 2.44. The molecule has 0 bridgehead atoms. The number of hydrogen-bond acceptors (Lipinski definition) is 5. The zero-order chi connectivity index (χ0) is 19.3. The largest absolute Gasteiger partial charge is 0.352 e. The fourth-order valence-electron chi connectivity index (χ4n) is 2.47. The molecule has 0 aromatic heterocycles. The number of hydrogen-bond donors (Lipinski definition) is 1. The molecule has 0 atom stereocenters. The third-order valence-electron chi connectivity index (χ3n) is 3.99. The lowest BCUT2D eigenvalue weighted by molar-refractivity contribution is -0.143. The van der Waals surface area contributed by atoms with Crippen molar-refractivity contribution in [2.24, 2.45) is 0 Å². The topological polar surface area (TPSA) is 104 Å². The van der Waals surface area contributed by atoms with Crippen molar-refractivity contribution >= 4 is 29.5 Å². The first kappa shape index (κ1) is 19.3. The molecule has 0 aliphatic carbocycles. The maximum atomic E-state index is 12.4. The van der Waals surface area contributed by atoms with Crippen molar-refractivity contribution in [3.8, 4) is 0 Å². The molecule has 5 amide bonds. The van der Waals surface area contributed by atoms with E-state index in [0.29, 0.717) is 23.4 Å². The van der Waals surface area contributed by atoms with Crippen LogP contribution in [0.2, 0.25) is 0 Å². The molecule has 1 saturated heterocycles. The maximum absolute atomic E-state index is 12.4. The van der Waals surface area contributed by atoms with Gasteiger partial charge in [0.1, 0.15) is 0 Å². The number of benzene rings is 1. The predicted molar refractivity (Wildman–Crippen MR) is 92.0 cm³/mol. The van der Waals surface area contributed by atoms with Crippen molar-refractivity contribution in [2.45, 2.75) is 33.2 Å². The van der Waals surface area contributed by atoms with E-state index in [-0.39, 0.29) is 12.5 Å². The van der Waals surface area contributed by atoms with Gasteiger partial charge in [-0.05, 0) is 12.0 Å². The van der Waals surface area contributed by atoms with Crippen molar-refractivity contribution in [1.29, 1.82) is 0 Å². The zero-order valence-corrected chi connectivity index (χ0v) is 14.8. The maximum Gasteiger partial charge on any atom is 0.334 e. The molecule has 0 unspecified atom stereocenters. The summed E-state index contributed by atoms with van der Waals surface area (Å²) in [6.07, 6.45) is 1.37. The van der Waals surface area contributed by atoms with Crippen molar-refractivity contribution < 1.29 is 24.0 Å². The fraction of sp³-hybridized carbons (Fsp3) is 0.389. The predicted octanol–water partition coefficient (Wildman–Crippen LogP) is 1.10. The van der Waals surface area contributed by atoms with Gasteiger partial charge in [0.15, 0.2) is 5.78 Å². The minimum atomic E-state index is -0.971. The molecule has 0 radical (unpaired) electrons. The number of carbonyl (C=O) groups excluding carboxylic acids is 5. The number of Topliss-reactive ketones (excluding diaryl/α,β-unsaturated/α-hetero) is 1. The van der Waals surface area contributed by atoms with E-state index in [1.807, 2.05) is 6.92 Å². The molecular weight excluding hydrogens is 338 g/mol. The number of imide groups is 2.